The first kappa shape index (κ1) is 17.8. The highest BCUT2D eigenvalue weighted by Crippen LogP contribution is 2.47. The first-order valence-corrected chi connectivity index (χ1v) is 11.3. The van der Waals surface area contributed by atoms with Crippen LogP contribution >= 0.6 is 0 Å². The first-order chi connectivity index (χ1) is 14.8. The third-order valence-corrected chi connectivity index (χ3v) is 6.85. The fourth-order valence-electron chi connectivity index (χ4n) is 5.39. The summed E-state index contributed by atoms with van der Waals surface area (Å²) in [6.45, 7) is 2.17. The molecule has 2 heterocycles. The summed E-state index contributed by atoms with van der Waals surface area (Å²) in [5.74, 6) is 1.02. The number of hydrogen-bond acceptors (Lipinski definition) is 2. The second kappa shape index (κ2) is 7.05. The zero-order valence-corrected chi connectivity index (χ0v) is 17.6. The molecule has 0 amide bonds. The van der Waals surface area contributed by atoms with Gasteiger partial charge in [-0.3, -0.25) is 4.90 Å². The number of hydrogen-bond donors (Lipinski definition) is 0. The normalized spacial score (nSPS) is 15.8. The van der Waals surface area contributed by atoms with E-state index in [0.717, 1.165) is 37.2 Å². The molecule has 0 atom stereocenters. The summed E-state index contributed by atoms with van der Waals surface area (Å²) < 4.78 is 6.62. The molecule has 2 aliphatic rings. The van der Waals surface area contributed by atoms with Crippen molar-refractivity contribution in [1.82, 2.24) is 0 Å². The molecule has 1 aromatic heterocycles. The fourth-order valence-corrected chi connectivity index (χ4v) is 5.39. The molecule has 0 unspecified atom stereocenters. The lowest BCUT2D eigenvalue weighted by Crippen LogP contribution is -2.18. The van der Waals surface area contributed by atoms with E-state index >= 15 is 0 Å². The van der Waals surface area contributed by atoms with Crippen LogP contribution in [0.15, 0.2) is 65.1 Å². The van der Waals surface area contributed by atoms with E-state index in [1.165, 1.54) is 63.8 Å². The van der Waals surface area contributed by atoms with Gasteiger partial charge in [-0.1, -0.05) is 42.0 Å². The molecule has 6 rings (SSSR count). The molecule has 0 bridgehead atoms. The van der Waals surface area contributed by atoms with Crippen LogP contribution in [-0.4, -0.2) is 0 Å². The molecular formula is C28H27NO. The summed E-state index contributed by atoms with van der Waals surface area (Å²) in [5, 5.41) is 1.28. The largest absolute Gasteiger partial charge is 0.439 e. The minimum absolute atomic E-state index is 1.000. The molecule has 0 saturated carbocycles. The van der Waals surface area contributed by atoms with Crippen molar-refractivity contribution in [2.75, 3.05) is 4.90 Å². The lowest BCUT2D eigenvalue weighted by molar-refractivity contribution is 0.609. The molecule has 0 fully saturated rings. The van der Waals surface area contributed by atoms with Crippen molar-refractivity contribution >= 4 is 28.2 Å². The second-order valence-electron chi connectivity index (χ2n) is 8.82. The molecule has 30 heavy (non-hydrogen) atoms. The monoisotopic (exact) mass is 393 g/mol. The summed E-state index contributed by atoms with van der Waals surface area (Å²) >= 11 is 0. The number of nitrogens with zero attached hydrogens (tertiary/aromatic N) is 1. The highest BCUT2D eigenvalue weighted by atomic mass is 16.4. The second-order valence-corrected chi connectivity index (χ2v) is 8.82. The molecule has 1 aliphatic carbocycles. The number of furan rings is 1. The lowest BCUT2D eigenvalue weighted by atomic mass is 9.89. The maximum absolute atomic E-state index is 6.62. The van der Waals surface area contributed by atoms with Crippen LogP contribution in [-0.2, 0) is 25.7 Å². The van der Waals surface area contributed by atoms with Crippen molar-refractivity contribution in [2.45, 2.75) is 51.9 Å². The van der Waals surface area contributed by atoms with Gasteiger partial charge in [-0.2, -0.15) is 0 Å². The van der Waals surface area contributed by atoms with E-state index in [1.807, 2.05) is 0 Å². The Balaban J connectivity index is 1.67. The highest BCUT2D eigenvalue weighted by Gasteiger charge is 2.28. The number of benzene rings is 3. The molecule has 2 heteroatoms. The number of para-hydroxylation sites is 1. The van der Waals surface area contributed by atoms with Crippen LogP contribution in [0.1, 0.15) is 47.1 Å². The number of anilines is 3. The summed E-state index contributed by atoms with van der Waals surface area (Å²) in [7, 11) is 0. The zero-order chi connectivity index (χ0) is 20.1. The van der Waals surface area contributed by atoms with Crippen molar-refractivity contribution in [3.63, 3.8) is 0 Å². The average molecular weight is 394 g/mol. The average Bonchev–Trinajstić information content (AvgIpc) is 3.10. The molecule has 0 saturated heterocycles. The van der Waals surface area contributed by atoms with Gasteiger partial charge in [0.15, 0.2) is 0 Å². The summed E-state index contributed by atoms with van der Waals surface area (Å²) in [6, 6.07) is 22.3. The van der Waals surface area contributed by atoms with Gasteiger partial charge in [0.25, 0.3) is 0 Å². The number of fused-ring (bicyclic) bond motifs is 5. The highest BCUT2D eigenvalue weighted by molar-refractivity contribution is 5.91. The van der Waals surface area contributed by atoms with Crippen LogP contribution in [0.25, 0.3) is 11.0 Å². The van der Waals surface area contributed by atoms with Gasteiger partial charge in [0.1, 0.15) is 5.58 Å². The Hall–Kier alpha value is -3.00. The number of rotatable bonds is 1. The molecule has 150 valence electrons. The first-order valence-electron chi connectivity index (χ1n) is 11.3. The van der Waals surface area contributed by atoms with Gasteiger partial charge in [0.2, 0.25) is 5.88 Å². The third kappa shape index (κ3) is 2.78. The quantitative estimate of drug-likeness (QED) is 0.331. The molecule has 0 spiro atoms. The predicted molar refractivity (Wildman–Crippen MR) is 124 cm³/mol. The van der Waals surface area contributed by atoms with Gasteiger partial charge >= 0.3 is 0 Å². The van der Waals surface area contributed by atoms with Gasteiger partial charge in [0.05, 0.1) is 11.4 Å². The van der Waals surface area contributed by atoms with Crippen molar-refractivity contribution < 1.29 is 4.42 Å². The van der Waals surface area contributed by atoms with Crippen molar-refractivity contribution in [3.8, 4) is 0 Å². The zero-order valence-electron chi connectivity index (χ0n) is 17.6. The molecule has 3 aromatic carbocycles. The molecular weight excluding hydrogens is 366 g/mol. The molecule has 2 nitrogen and oxygen atoms in total. The van der Waals surface area contributed by atoms with Crippen molar-refractivity contribution in [2.24, 2.45) is 0 Å². The van der Waals surface area contributed by atoms with E-state index in [0.29, 0.717) is 0 Å². The Labute approximate surface area is 178 Å². The van der Waals surface area contributed by atoms with Crippen LogP contribution in [0.3, 0.4) is 0 Å². The van der Waals surface area contributed by atoms with Crippen LogP contribution in [0.2, 0.25) is 0 Å². The lowest BCUT2D eigenvalue weighted by Gasteiger charge is -2.31. The molecule has 0 radical (unpaired) electrons. The standard InChI is InChI=1S/C28H27NO/c1-19-16-17-27-24(18-19)23-13-6-11-21-9-3-5-14-25(21)29(28(23)30-27)26-15-7-10-20-8-2-4-12-22(20)26/h3,5,7,9-10,14-18H,2,4,6,8,11-13H2,1H3. The van der Waals surface area contributed by atoms with Gasteiger partial charge in [-0.25, -0.2) is 0 Å². The van der Waals surface area contributed by atoms with Crippen LogP contribution in [0, 0.1) is 6.92 Å². The van der Waals surface area contributed by atoms with E-state index in [1.54, 1.807) is 0 Å². The molecule has 1 aliphatic heterocycles. The van der Waals surface area contributed by atoms with E-state index in [4.69, 9.17) is 4.42 Å². The van der Waals surface area contributed by atoms with Crippen molar-refractivity contribution in [3.05, 3.63) is 88.5 Å². The topological polar surface area (TPSA) is 16.4 Å². The minimum atomic E-state index is 1.000. The Bertz CT molecular complexity index is 1250. The van der Waals surface area contributed by atoms with Gasteiger partial charge < -0.3 is 4.42 Å². The van der Waals surface area contributed by atoms with E-state index in [9.17, 15) is 0 Å². The Morgan fingerprint density at radius 1 is 0.700 bits per heavy atom. The smallest absolute Gasteiger partial charge is 0.209 e. The van der Waals surface area contributed by atoms with Gasteiger partial charge in [-0.05, 0) is 92.8 Å². The molecule has 0 N–H and O–H groups in total. The van der Waals surface area contributed by atoms with E-state index in [2.05, 4.69) is 72.5 Å². The Morgan fingerprint density at radius 3 is 2.43 bits per heavy atom. The van der Waals surface area contributed by atoms with E-state index < -0.39 is 0 Å². The van der Waals surface area contributed by atoms with Gasteiger partial charge in [-0.15, -0.1) is 0 Å². The number of aryl methyl sites for hydroxylation is 4. The Morgan fingerprint density at radius 2 is 1.47 bits per heavy atom. The van der Waals surface area contributed by atoms with Crippen LogP contribution in [0.5, 0.6) is 0 Å². The van der Waals surface area contributed by atoms with Gasteiger partial charge in [0, 0.05) is 10.9 Å². The summed E-state index contributed by atoms with van der Waals surface area (Å²) in [6.07, 6.45) is 8.19. The summed E-state index contributed by atoms with van der Waals surface area (Å²) in [4.78, 5) is 2.43. The fraction of sp³-hybridized carbons (Fsp3) is 0.286. The SMILES string of the molecule is Cc1ccc2oc3c(c2c1)CCCc1ccccc1N3c1cccc2c1CCCC2. The van der Waals surface area contributed by atoms with Crippen LogP contribution < -0.4 is 4.90 Å². The summed E-state index contributed by atoms with van der Waals surface area (Å²) in [5.41, 5.74) is 10.6. The molecule has 4 aromatic rings. The maximum atomic E-state index is 6.62. The third-order valence-electron chi connectivity index (χ3n) is 6.85. The van der Waals surface area contributed by atoms with E-state index in [-0.39, 0.29) is 0 Å². The maximum Gasteiger partial charge on any atom is 0.209 e. The minimum Gasteiger partial charge on any atom is -0.439 e. The predicted octanol–water partition coefficient (Wildman–Crippen LogP) is 7.58. The Kier molecular flexibility index (Phi) is 4.19. The van der Waals surface area contributed by atoms with Crippen LogP contribution in [0.4, 0.5) is 17.3 Å². The van der Waals surface area contributed by atoms with Crippen molar-refractivity contribution in [1.29, 1.82) is 0 Å².